The number of amides is 1. The van der Waals surface area contributed by atoms with Crippen molar-refractivity contribution >= 4 is 33.8 Å². The number of alkyl carbamates (subject to hydrolysis) is 1. The summed E-state index contributed by atoms with van der Waals surface area (Å²) in [6, 6.07) is 0. The lowest BCUT2D eigenvalue weighted by Crippen LogP contribution is -2.32. The number of halogens is 1. The monoisotopic (exact) mass is 400 g/mol. The molecule has 0 atom stereocenters. The molecule has 24 heavy (non-hydrogen) atoms. The molecule has 0 unspecified atom stereocenters. The number of hydrogen-bond acceptors (Lipinski definition) is 7. The zero-order valence-corrected chi connectivity index (χ0v) is 15.6. The Morgan fingerprint density at radius 1 is 1.29 bits per heavy atom. The molecule has 0 aliphatic heterocycles. The summed E-state index contributed by atoms with van der Waals surface area (Å²) in [5.41, 5.74) is -0.400. The van der Waals surface area contributed by atoms with E-state index in [4.69, 9.17) is 4.74 Å². The van der Waals surface area contributed by atoms with Crippen molar-refractivity contribution in [1.82, 2.24) is 15.3 Å². The highest BCUT2D eigenvalue weighted by Crippen LogP contribution is 2.17. The number of anilines is 1. The number of esters is 1. The summed E-state index contributed by atoms with van der Waals surface area (Å²) >= 11 is 3.23. The largest absolute Gasteiger partial charge is 0.464 e. The van der Waals surface area contributed by atoms with Gasteiger partial charge in [-0.2, -0.15) is 0 Å². The van der Waals surface area contributed by atoms with Gasteiger partial charge in [-0.05, 0) is 36.7 Å². The van der Waals surface area contributed by atoms with Gasteiger partial charge in [-0.3, -0.25) is 0 Å². The number of hydrogen-bond donors (Lipinski definition) is 2. The van der Waals surface area contributed by atoms with Gasteiger partial charge in [0.05, 0.1) is 13.3 Å². The number of ether oxygens (including phenoxy) is 2. The summed E-state index contributed by atoms with van der Waals surface area (Å²) < 4.78 is 10.1. The van der Waals surface area contributed by atoms with Gasteiger partial charge in [0.1, 0.15) is 10.2 Å². The molecule has 0 bridgehead atoms. The van der Waals surface area contributed by atoms with E-state index in [0.717, 1.165) is 0 Å². The fourth-order valence-electron chi connectivity index (χ4n) is 1.47. The third kappa shape index (κ3) is 7.40. The quantitative estimate of drug-likeness (QED) is 0.558. The third-order valence-corrected chi connectivity index (χ3v) is 2.99. The van der Waals surface area contributed by atoms with Crippen LogP contribution in [0.4, 0.5) is 10.6 Å². The molecule has 0 saturated heterocycles. The van der Waals surface area contributed by atoms with Crippen LogP contribution in [0.1, 0.15) is 31.3 Å². The van der Waals surface area contributed by atoms with Gasteiger partial charge in [0.25, 0.3) is 0 Å². The van der Waals surface area contributed by atoms with Crippen LogP contribution >= 0.6 is 15.9 Å². The Morgan fingerprint density at radius 3 is 2.54 bits per heavy atom. The van der Waals surface area contributed by atoms with Crippen molar-refractivity contribution in [3.63, 3.8) is 0 Å². The summed E-state index contributed by atoms with van der Waals surface area (Å²) in [6.07, 6.45) is 4.46. The lowest BCUT2D eigenvalue weighted by Gasteiger charge is -2.19. The molecule has 1 amide bonds. The van der Waals surface area contributed by atoms with Gasteiger partial charge in [0.15, 0.2) is 11.5 Å². The van der Waals surface area contributed by atoms with E-state index in [1.54, 1.807) is 26.8 Å². The summed E-state index contributed by atoms with van der Waals surface area (Å²) in [4.78, 5) is 30.9. The van der Waals surface area contributed by atoms with E-state index >= 15 is 0 Å². The molecule has 1 aromatic heterocycles. The smallest absolute Gasteiger partial charge is 0.407 e. The molecular weight excluding hydrogens is 380 g/mol. The Hall–Kier alpha value is -2.16. The van der Waals surface area contributed by atoms with Crippen molar-refractivity contribution in [2.24, 2.45) is 0 Å². The van der Waals surface area contributed by atoms with E-state index in [1.165, 1.54) is 13.3 Å². The first kappa shape index (κ1) is 19.9. The molecule has 9 heteroatoms. The fourth-order valence-corrected chi connectivity index (χ4v) is 1.90. The highest BCUT2D eigenvalue weighted by atomic mass is 79.9. The molecule has 1 rings (SSSR count). The molecule has 132 valence electrons. The molecule has 0 radical (unpaired) electrons. The summed E-state index contributed by atoms with van der Waals surface area (Å²) in [5.74, 6) is -0.0599. The maximum absolute atomic E-state index is 11.4. The molecule has 2 N–H and O–H groups in total. The van der Waals surface area contributed by atoms with Crippen LogP contribution in [0.2, 0.25) is 0 Å². The van der Waals surface area contributed by atoms with Crippen LogP contribution in [-0.2, 0) is 9.47 Å². The average Bonchev–Trinajstić information content (AvgIpc) is 2.49. The lowest BCUT2D eigenvalue weighted by atomic mass is 10.2. The average molecular weight is 401 g/mol. The first-order valence-electron chi connectivity index (χ1n) is 7.19. The Kier molecular flexibility index (Phi) is 7.63. The van der Waals surface area contributed by atoms with E-state index in [0.29, 0.717) is 23.5 Å². The van der Waals surface area contributed by atoms with Gasteiger partial charge in [-0.1, -0.05) is 12.2 Å². The summed E-state index contributed by atoms with van der Waals surface area (Å²) in [7, 11) is 1.28. The number of rotatable bonds is 6. The molecule has 0 saturated carbocycles. The second-order valence-electron chi connectivity index (χ2n) is 5.62. The minimum Gasteiger partial charge on any atom is -0.464 e. The number of aromatic nitrogens is 2. The van der Waals surface area contributed by atoms with E-state index in [2.05, 4.69) is 41.3 Å². The van der Waals surface area contributed by atoms with Crippen LogP contribution < -0.4 is 10.6 Å². The van der Waals surface area contributed by atoms with Crippen molar-refractivity contribution in [3.8, 4) is 0 Å². The highest BCUT2D eigenvalue weighted by Gasteiger charge is 2.15. The normalized spacial score (nSPS) is 11.2. The van der Waals surface area contributed by atoms with Crippen molar-refractivity contribution in [2.75, 3.05) is 25.5 Å². The van der Waals surface area contributed by atoms with Crippen LogP contribution in [0.15, 0.2) is 23.0 Å². The van der Waals surface area contributed by atoms with Crippen LogP contribution in [0.5, 0.6) is 0 Å². The maximum Gasteiger partial charge on any atom is 0.407 e. The molecule has 1 heterocycles. The lowest BCUT2D eigenvalue weighted by molar-refractivity contribution is 0.0532. The van der Waals surface area contributed by atoms with Gasteiger partial charge < -0.3 is 20.1 Å². The van der Waals surface area contributed by atoms with Crippen LogP contribution in [-0.4, -0.2) is 47.8 Å². The number of carbonyl (C=O) groups excluding carboxylic acids is 2. The molecule has 8 nitrogen and oxygen atoms in total. The zero-order valence-electron chi connectivity index (χ0n) is 14.1. The maximum atomic E-state index is 11.4. The molecule has 0 spiro atoms. The van der Waals surface area contributed by atoms with Crippen LogP contribution in [0.25, 0.3) is 0 Å². The zero-order chi connectivity index (χ0) is 18.2. The van der Waals surface area contributed by atoms with Crippen LogP contribution in [0, 0.1) is 0 Å². The van der Waals surface area contributed by atoms with Crippen molar-refractivity contribution < 1.29 is 19.1 Å². The molecule has 0 aliphatic carbocycles. The predicted molar refractivity (Wildman–Crippen MR) is 92.9 cm³/mol. The number of nitrogens with one attached hydrogen (secondary N) is 2. The molecule has 0 aromatic carbocycles. The topological polar surface area (TPSA) is 102 Å². The second-order valence-corrected chi connectivity index (χ2v) is 6.37. The minimum atomic E-state index is -0.553. The highest BCUT2D eigenvalue weighted by molar-refractivity contribution is 9.10. The molecule has 0 fully saturated rings. The van der Waals surface area contributed by atoms with Gasteiger partial charge in [0, 0.05) is 13.1 Å². The minimum absolute atomic E-state index is 0.118. The van der Waals surface area contributed by atoms with E-state index < -0.39 is 17.7 Å². The van der Waals surface area contributed by atoms with E-state index in [1.807, 2.05) is 6.08 Å². The van der Waals surface area contributed by atoms with Gasteiger partial charge in [-0.15, -0.1) is 0 Å². The van der Waals surface area contributed by atoms with Crippen molar-refractivity contribution in [3.05, 3.63) is 28.6 Å². The Labute approximate surface area is 149 Å². The van der Waals surface area contributed by atoms with Crippen molar-refractivity contribution in [1.29, 1.82) is 0 Å². The third-order valence-electron chi connectivity index (χ3n) is 2.44. The predicted octanol–water partition coefficient (Wildman–Crippen LogP) is 2.52. The first-order valence-corrected chi connectivity index (χ1v) is 7.99. The van der Waals surface area contributed by atoms with E-state index in [9.17, 15) is 9.59 Å². The Bertz CT molecular complexity index is 614. The number of methoxy groups -OCH3 is 1. The van der Waals surface area contributed by atoms with Gasteiger partial charge >= 0.3 is 12.1 Å². The SMILES string of the molecule is COC(=O)c1cnc(NC/C=C/CNC(=O)OC(C)(C)C)c(Br)n1. The molecular formula is C15H21BrN4O4. The second kappa shape index (κ2) is 9.21. The fraction of sp³-hybridized carbons (Fsp3) is 0.467. The number of nitrogens with zero attached hydrogens (tertiary/aromatic N) is 2. The van der Waals surface area contributed by atoms with Crippen molar-refractivity contribution in [2.45, 2.75) is 26.4 Å². The number of carbonyl (C=O) groups is 2. The first-order chi connectivity index (χ1) is 11.2. The van der Waals surface area contributed by atoms with Gasteiger partial charge in [-0.25, -0.2) is 19.6 Å². The van der Waals surface area contributed by atoms with Crippen LogP contribution in [0.3, 0.4) is 0 Å². The van der Waals surface area contributed by atoms with Gasteiger partial charge in [0.2, 0.25) is 0 Å². The Morgan fingerprint density at radius 2 is 1.96 bits per heavy atom. The van der Waals surface area contributed by atoms with E-state index in [-0.39, 0.29) is 5.69 Å². The molecule has 1 aromatic rings. The standard InChI is InChI=1S/C15H21BrN4O4/c1-15(2,3)24-14(22)18-8-6-5-7-17-12-11(16)20-10(9-19-12)13(21)23-4/h5-6,9H,7-8H2,1-4H3,(H,17,19)(H,18,22)/b6-5+. The summed E-state index contributed by atoms with van der Waals surface area (Å²) in [5, 5.41) is 5.63. The summed E-state index contributed by atoms with van der Waals surface area (Å²) in [6.45, 7) is 6.23. The Balaban J connectivity index is 2.37. The molecule has 0 aliphatic rings.